The molecule has 0 unspecified atom stereocenters. The summed E-state index contributed by atoms with van der Waals surface area (Å²) in [4.78, 5) is 18.5. The highest BCUT2D eigenvalue weighted by Gasteiger charge is 2.13. The number of benzene rings is 2. The lowest BCUT2D eigenvalue weighted by Crippen LogP contribution is -2.04. The molecule has 0 fully saturated rings. The topological polar surface area (TPSA) is 206 Å². The molecule has 0 amide bonds. The van der Waals surface area contributed by atoms with E-state index in [4.69, 9.17) is 21.1 Å². The standard InChI is InChI=1S/C17H15N7O5S/c18-14-13(24-23-11-3-1-9(2-4-11)16(25)26)15(22-17(19)21-14)20-10-5-7-12(8-6-10)30(27,28)29/h1-8H,(H,25,26)(H,27,28,29)(H5,18,19,20,21,22). The number of azo groups is 1. The van der Waals surface area contributed by atoms with E-state index in [1.807, 2.05) is 0 Å². The molecule has 1 aromatic heterocycles. The number of nitrogen functional groups attached to an aromatic ring is 2. The normalized spacial score (nSPS) is 11.5. The van der Waals surface area contributed by atoms with Gasteiger partial charge in [-0.2, -0.15) is 23.5 Å². The number of nitrogens with two attached hydrogens (primary N) is 2. The Morgan fingerprint density at radius 1 is 0.967 bits per heavy atom. The molecule has 0 aliphatic heterocycles. The second-order valence-electron chi connectivity index (χ2n) is 5.84. The summed E-state index contributed by atoms with van der Waals surface area (Å²) in [7, 11) is -4.33. The van der Waals surface area contributed by atoms with Crippen molar-refractivity contribution in [1.82, 2.24) is 9.97 Å². The first-order valence-electron chi connectivity index (χ1n) is 8.16. The van der Waals surface area contributed by atoms with Crippen LogP contribution in [0.25, 0.3) is 0 Å². The van der Waals surface area contributed by atoms with Crippen molar-refractivity contribution in [3.05, 3.63) is 54.1 Å². The zero-order valence-corrected chi connectivity index (χ0v) is 15.9. The van der Waals surface area contributed by atoms with Crippen LogP contribution in [0.15, 0.2) is 63.7 Å². The molecule has 12 nitrogen and oxygen atoms in total. The first kappa shape index (κ1) is 20.6. The highest BCUT2D eigenvalue weighted by molar-refractivity contribution is 7.85. The van der Waals surface area contributed by atoms with E-state index < -0.39 is 16.1 Å². The molecule has 7 N–H and O–H groups in total. The van der Waals surface area contributed by atoms with Gasteiger partial charge in [0.05, 0.1) is 16.1 Å². The lowest BCUT2D eigenvalue weighted by atomic mass is 10.2. The van der Waals surface area contributed by atoms with E-state index in [0.717, 1.165) is 0 Å². The number of anilines is 4. The number of carboxylic acids is 1. The van der Waals surface area contributed by atoms with E-state index in [1.165, 1.54) is 48.5 Å². The third-order valence-electron chi connectivity index (χ3n) is 3.72. The van der Waals surface area contributed by atoms with Gasteiger partial charge in [-0.05, 0) is 48.5 Å². The fourth-order valence-electron chi connectivity index (χ4n) is 2.30. The molecular weight excluding hydrogens is 414 g/mol. The third-order valence-corrected chi connectivity index (χ3v) is 4.59. The molecule has 154 valence electrons. The number of nitrogens with zero attached hydrogens (tertiary/aromatic N) is 4. The summed E-state index contributed by atoms with van der Waals surface area (Å²) in [5.74, 6) is -1.16. The van der Waals surface area contributed by atoms with Crippen LogP contribution in [0.4, 0.5) is 34.6 Å². The monoisotopic (exact) mass is 429 g/mol. The Morgan fingerprint density at radius 2 is 1.60 bits per heavy atom. The molecule has 0 atom stereocenters. The smallest absolute Gasteiger partial charge is 0.335 e. The van der Waals surface area contributed by atoms with Gasteiger partial charge in [0.15, 0.2) is 17.3 Å². The average Bonchev–Trinajstić information content (AvgIpc) is 2.67. The fourth-order valence-corrected chi connectivity index (χ4v) is 2.78. The highest BCUT2D eigenvalue weighted by Crippen LogP contribution is 2.33. The SMILES string of the molecule is Nc1nc(N)c(N=Nc2ccc(C(=O)O)cc2)c(Nc2ccc(S(=O)(=O)O)cc2)n1. The van der Waals surface area contributed by atoms with Crippen molar-refractivity contribution in [2.75, 3.05) is 16.8 Å². The van der Waals surface area contributed by atoms with Crippen LogP contribution in [-0.4, -0.2) is 34.0 Å². The molecule has 3 aromatic rings. The number of hydrogen-bond donors (Lipinski definition) is 5. The van der Waals surface area contributed by atoms with E-state index in [0.29, 0.717) is 11.4 Å². The van der Waals surface area contributed by atoms with Gasteiger partial charge in [0.25, 0.3) is 10.1 Å². The molecule has 0 aliphatic rings. The zero-order chi connectivity index (χ0) is 21.9. The summed E-state index contributed by atoms with van der Waals surface area (Å²) in [5.41, 5.74) is 12.4. The van der Waals surface area contributed by atoms with Gasteiger partial charge in [0.2, 0.25) is 5.95 Å². The lowest BCUT2D eigenvalue weighted by Gasteiger charge is -2.10. The van der Waals surface area contributed by atoms with Gasteiger partial charge in [0.1, 0.15) is 0 Å². The van der Waals surface area contributed by atoms with Crippen molar-refractivity contribution >= 4 is 50.7 Å². The number of aromatic carboxylic acids is 1. The number of carboxylic acid groups (broad SMARTS) is 1. The molecule has 3 rings (SSSR count). The van der Waals surface area contributed by atoms with Crippen molar-refractivity contribution in [2.45, 2.75) is 4.90 Å². The fraction of sp³-hybridized carbons (Fsp3) is 0. The van der Waals surface area contributed by atoms with Crippen molar-refractivity contribution in [3.8, 4) is 0 Å². The quantitative estimate of drug-likeness (QED) is 0.286. The van der Waals surface area contributed by atoms with Crippen LogP contribution >= 0.6 is 0 Å². The van der Waals surface area contributed by atoms with E-state index in [-0.39, 0.29) is 33.7 Å². The first-order chi connectivity index (χ1) is 14.1. The Bertz CT molecular complexity index is 1230. The zero-order valence-electron chi connectivity index (χ0n) is 15.1. The maximum Gasteiger partial charge on any atom is 0.335 e. The van der Waals surface area contributed by atoms with E-state index >= 15 is 0 Å². The van der Waals surface area contributed by atoms with Gasteiger partial charge in [-0.15, -0.1) is 5.11 Å². The van der Waals surface area contributed by atoms with Gasteiger partial charge < -0.3 is 21.9 Å². The summed E-state index contributed by atoms with van der Waals surface area (Å²) in [5, 5.41) is 19.8. The Hall–Kier alpha value is -4.10. The Kier molecular flexibility index (Phi) is 5.57. The maximum atomic E-state index is 11.1. The summed E-state index contributed by atoms with van der Waals surface area (Å²) >= 11 is 0. The molecule has 0 spiro atoms. The first-order valence-corrected chi connectivity index (χ1v) is 9.60. The predicted octanol–water partition coefficient (Wildman–Crippen LogP) is 2.74. The minimum Gasteiger partial charge on any atom is -0.478 e. The van der Waals surface area contributed by atoms with Gasteiger partial charge in [-0.1, -0.05) is 0 Å². The van der Waals surface area contributed by atoms with Crippen LogP contribution in [-0.2, 0) is 10.1 Å². The maximum absolute atomic E-state index is 11.1. The van der Waals surface area contributed by atoms with Crippen LogP contribution in [0.5, 0.6) is 0 Å². The van der Waals surface area contributed by atoms with Gasteiger partial charge in [-0.3, -0.25) is 4.55 Å². The number of hydrogen-bond acceptors (Lipinski definition) is 10. The number of aromatic nitrogens is 2. The van der Waals surface area contributed by atoms with Crippen molar-refractivity contribution in [3.63, 3.8) is 0 Å². The number of carbonyl (C=O) groups is 1. The summed E-state index contributed by atoms with van der Waals surface area (Å²) in [6.07, 6.45) is 0. The number of nitrogens with one attached hydrogen (secondary N) is 1. The average molecular weight is 429 g/mol. The molecule has 0 radical (unpaired) electrons. The molecule has 30 heavy (non-hydrogen) atoms. The van der Waals surface area contributed by atoms with E-state index in [2.05, 4.69) is 25.5 Å². The van der Waals surface area contributed by atoms with Crippen LogP contribution in [0.2, 0.25) is 0 Å². The van der Waals surface area contributed by atoms with Crippen molar-refractivity contribution in [2.24, 2.45) is 10.2 Å². The summed E-state index contributed by atoms with van der Waals surface area (Å²) in [6.45, 7) is 0. The second-order valence-corrected chi connectivity index (χ2v) is 7.26. The molecule has 0 aliphatic carbocycles. The Balaban J connectivity index is 1.91. The predicted molar refractivity (Wildman–Crippen MR) is 108 cm³/mol. The Labute approximate surface area is 170 Å². The summed E-state index contributed by atoms with van der Waals surface area (Å²) < 4.78 is 31.3. The molecule has 0 bridgehead atoms. The third kappa shape index (κ3) is 4.84. The molecule has 1 heterocycles. The minimum atomic E-state index is -4.33. The van der Waals surface area contributed by atoms with Crippen LogP contribution in [0.1, 0.15) is 10.4 Å². The van der Waals surface area contributed by atoms with Crippen molar-refractivity contribution in [1.29, 1.82) is 0 Å². The molecule has 0 saturated carbocycles. The van der Waals surface area contributed by atoms with Crippen molar-refractivity contribution < 1.29 is 22.9 Å². The largest absolute Gasteiger partial charge is 0.478 e. The molecule has 2 aromatic carbocycles. The minimum absolute atomic E-state index is 0.0605. The van der Waals surface area contributed by atoms with Crippen LogP contribution < -0.4 is 16.8 Å². The molecular formula is C17H15N7O5S. The second kappa shape index (κ2) is 8.10. The van der Waals surface area contributed by atoms with Crippen LogP contribution in [0.3, 0.4) is 0 Å². The summed E-state index contributed by atoms with van der Waals surface area (Å²) in [6, 6.07) is 10.8. The van der Waals surface area contributed by atoms with Crippen LogP contribution in [0, 0.1) is 0 Å². The van der Waals surface area contributed by atoms with Gasteiger partial charge >= 0.3 is 5.97 Å². The molecule has 13 heteroatoms. The molecule has 0 saturated heterocycles. The lowest BCUT2D eigenvalue weighted by molar-refractivity contribution is 0.0697. The van der Waals surface area contributed by atoms with E-state index in [1.54, 1.807) is 0 Å². The highest BCUT2D eigenvalue weighted by atomic mass is 32.2. The van der Waals surface area contributed by atoms with Gasteiger partial charge in [-0.25, -0.2) is 4.79 Å². The van der Waals surface area contributed by atoms with E-state index in [9.17, 15) is 13.2 Å². The van der Waals surface area contributed by atoms with Gasteiger partial charge in [0, 0.05) is 5.69 Å². The number of rotatable bonds is 6. The Morgan fingerprint density at radius 3 is 2.17 bits per heavy atom.